The summed E-state index contributed by atoms with van der Waals surface area (Å²) in [7, 11) is 0. The molecule has 1 aliphatic rings. The largest absolute Gasteiger partial charge is 0.450 e. The molecule has 1 unspecified atom stereocenters. The number of likely N-dealkylation sites (tertiary alicyclic amines) is 1. The van der Waals surface area contributed by atoms with Crippen molar-refractivity contribution in [3.8, 4) is 0 Å². The van der Waals surface area contributed by atoms with Gasteiger partial charge in [-0.25, -0.2) is 14.8 Å². The lowest BCUT2D eigenvalue weighted by atomic mass is 10.3. The van der Waals surface area contributed by atoms with Gasteiger partial charge in [-0.2, -0.15) is 0 Å². The number of carbonyl (C=O) groups excluding carboxylic acids is 1. The SMILES string of the molecule is CCOC(=O)N1CCC(Nc2nc3cccnc3n2Cc2cccs2)C1. The van der Waals surface area contributed by atoms with Crippen LogP contribution in [-0.2, 0) is 11.3 Å². The van der Waals surface area contributed by atoms with Gasteiger partial charge in [0.1, 0.15) is 5.52 Å². The lowest BCUT2D eigenvalue weighted by Crippen LogP contribution is -2.32. The third kappa shape index (κ3) is 3.37. The first-order chi connectivity index (χ1) is 12.7. The fraction of sp³-hybridized carbons (Fsp3) is 0.389. The maximum atomic E-state index is 11.9. The molecule has 0 aliphatic carbocycles. The second kappa shape index (κ2) is 7.33. The van der Waals surface area contributed by atoms with Crippen LogP contribution in [0.15, 0.2) is 35.8 Å². The number of rotatable bonds is 5. The zero-order valence-corrected chi connectivity index (χ0v) is 15.4. The Morgan fingerprint density at radius 2 is 2.35 bits per heavy atom. The average molecular weight is 371 g/mol. The Kier molecular flexibility index (Phi) is 4.75. The highest BCUT2D eigenvalue weighted by Crippen LogP contribution is 2.23. The maximum Gasteiger partial charge on any atom is 0.409 e. The number of hydrogen-bond donors (Lipinski definition) is 1. The van der Waals surface area contributed by atoms with Crippen LogP contribution < -0.4 is 5.32 Å². The molecule has 1 N–H and O–H groups in total. The van der Waals surface area contributed by atoms with Crippen LogP contribution in [0.1, 0.15) is 18.2 Å². The van der Waals surface area contributed by atoms with Gasteiger partial charge in [0.2, 0.25) is 5.95 Å². The second-order valence-electron chi connectivity index (χ2n) is 6.22. The lowest BCUT2D eigenvalue weighted by Gasteiger charge is -2.17. The third-order valence-electron chi connectivity index (χ3n) is 4.45. The zero-order chi connectivity index (χ0) is 17.9. The second-order valence-corrected chi connectivity index (χ2v) is 7.25. The van der Waals surface area contributed by atoms with Crippen LogP contribution in [0, 0.1) is 0 Å². The van der Waals surface area contributed by atoms with Crippen molar-refractivity contribution >= 4 is 34.5 Å². The van der Waals surface area contributed by atoms with Crippen molar-refractivity contribution in [2.45, 2.75) is 25.9 Å². The van der Waals surface area contributed by atoms with Gasteiger partial charge in [0.05, 0.1) is 13.2 Å². The van der Waals surface area contributed by atoms with E-state index in [0.717, 1.165) is 30.1 Å². The molecule has 3 aromatic heterocycles. The van der Waals surface area contributed by atoms with Crippen molar-refractivity contribution in [2.24, 2.45) is 0 Å². The molecule has 8 heteroatoms. The van der Waals surface area contributed by atoms with E-state index >= 15 is 0 Å². The summed E-state index contributed by atoms with van der Waals surface area (Å²) >= 11 is 1.72. The van der Waals surface area contributed by atoms with Crippen LogP contribution in [0.5, 0.6) is 0 Å². The molecule has 3 aromatic rings. The molecule has 0 spiro atoms. The number of anilines is 1. The topological polar surface area (TPSA) is 72.3 Å². The van der Waals surface area contributed by atoms with Crippen LogP contribution in [0.4, 0.5) is 10.7 Å². The molecule has 0 aromatic carbocycles. The average Bonchev–Trinajstić information content (AvgIpc) is 3.37. The molecule has 0 radical (unpaired) electrons. The molecule has 0 saturated carbocycles. The standard InChI is InChI=1S/C18H21N5O2S/c1-2-25-18(24)22-9-7-13(11-22)20-17-21-15-6-3-8-19-16(15)23(17)12-14-5-4-10-26-14/h3-6,8,10,13H,2,7,9,11-12H2,1H3,(H,20,21). The van der Waals surface area contributed by atoms with E-state index in [9.17, 15) is 4.79 Å². The maximum absolute atomic E-state index is 11.9. The molecular formula is C18H21N5O2S. The molecule has 0 bridgehead atoms. The molecule has 26 heavy (non-hydrogen) atoms. The molecule has 1 saturated heterocycles. The van der Waals surface area contributed by atoms with Crippen molar-refractivity contribution < 1.29 is 9.53 Å². The zero-order valence-electron chi connectivity index (χ0n) is 14.6. The van der Waals surface area contributed by atoms with E-state index in [4.69, 9.17) is 9.72 Å². The van der Waals surface area contributed by atoms with E-state index < -0.39 is 0 Å². The molecular weight excluding hydrogens is 350 g/mol. The van der Waals surface area contributed by atoms with Crippen molar-refractivity contribution in [1.82, 2.24) is 19.4 Å². The Morgan fingerprint density at radius 1 is 1.42 bits per heavy atom. The third-order valence-corrected chi connectivity index (χ3v) is 5.31. The molecule has 7 nitrogen and oxygen atoms in total. The minimum atomic E-state index is -0.245. The van der Waals surface area contributed by atoms with E-state index in [1.807, 2.05) is 25.1 Å². The Labute approximate surface area is 155 Å². The summed E-state index contributed by atoms with van der Waals surface area (Å²) in [6, 6.07) is 8.18. The highest BCUT2D eigenvalue weighted by atomic mass is 32.1. The fourth-order valence-corrected chi connectivity index (χ4v) is 3.91. The lowest BCUT2D eigenvalue weighted by molar-refractivity contribution is 0.115. The van der Waals surface area contributed by atoms with Gasteiger partial charge >= 0.3 is 6.09 Å². The normalized spacial score (nSPS) is 17.0. The van der Waals surface area contributed by atoms with Crippen LogP contribution in [0.2, 0.25) is 0 Å². The van der Waals surface area contributed by atoms with Crippen molar-refractivity contribution in [3.05, 3.63) is 40.7 Å². The summed E-state index contributed by atoms with van der Waals surface area (Å²) < 4.78 is 7.20. The van der Waals surface area contributed by atoms with Gasteiger partial charge in [0, 0.05) is 30.2 Å². The first-order valence-electron chi connectivity index (χ1n) is 8.76. The van der Waals surface area contributed by atoms with E-state index in [0.29, 0.717) is 19.7 Å². The summed E-state index contributed by atoms with van der Waals surface area (Å²) in [6.45, 7) is 4.26. The van der Waals surface area contributed by atoms with E-state index in [1.54, 1.807) is 22.4 Å². The quantitative estimate of drug-likeness (QED) is 0.746. The number of fused-ring (bicyclic) bond motifs is 1. The summed E-state index contributed by atoms with van der Waals surface area (Å²) in [5.41, 5.74) is 1.73. The minimum Gasteiger partial charge on any atom is -0.450 e. The molecule has 1 atom stereocenters. The van der Waals surface area contributed by atoms with E-state index in [-0.39, 0.29) is 12.1 Å². The van der Waals surface area contributed by atoms with Gasteiger partial charge in [-0.05, 0) is 36.9 Å². The number of pyridine rings is 1. The predicted octanol–water partition coefficient (Wildman–Crippen LogP) is 3.18. The molecule has 1 amide bonds. The molecule has 1 fully saturated rings. The number of nitrogens with zero attached hydrogens (tertiary/aromatic N) is 4. The minimum absolute atomic E-state index is 0.151. The van der Waals surface area contributed by atoms with Crippen molar-refractivity contribution in [3.63, 3.8) is 0 Å². The van der Waals surface area contributed by atoms with Crippen molar-refractivity contribution in [1.29, 1.82) is 0 Å². The van der Waals surface area contributed by atoms with Gasteiger partial charge in [0.15, 0.2) is 5.65 Å². The number of thiophene rings is 1. The highest BCUT2D eigenvalue weighted by molar-refractivity contribution is 7.09. The summed E-state index contributed by atoms with van der Waals surface area (Å²) in [5, 5.41) is 5.58. The van der Waals surface area contributed by atoms with Gasteiger partial charge in [0.25, 0.3) is 0 Å². The van der Waals surface area contributed by atoms with Crippen LogP contribution in [-0.4, -0.2) is 51.3 Å². The number of carbonyl (C=O) groups is 1. The fourth-order valence-electron chi connectivity index (χ4n) is 3.22. The first-order valence-corrected chi connectivity index (χ1v) is 9.64. The molecule has 4 rings (SSSR count). The molecule has 1 aliphatic heterocycles. The van der Waals surface area contributed by atoms with Crippen LogP contribution in [0.3, 0.4) is 0 Å². The van der Waals surface area contributed by atoms with E-state index in [2.05, 4.69) is 26.3 Å². The summed E-state index contributed by atoms with van der Waals surface area (Å²) in [4.78, 5) is 24.1. The van der Waals surface area contributed by atoms with Crippen LogP contribution >= 0.6 is 11.3 Å². The highest BCUT2D eigenvalue weighted by Gasteiger charge is 2.28. The number of imidazole rings is 1. The summed E-state index contributed by atoms with van der Waals surface area (Å²) in [5.74, 6) is 0.794. The number of hydrogen-bond acceptors (Lipinski definition) is 6. The van der Waals surface area contributed by atoms with Crippen LogP contribution in [0.25, 0.3) is 11.2 Å². The summed E-state index contributed by atoms with van der Waals surface area (Å²) in [6.07, 6.45) is 2.41. The number of aromatic nitrogens is 3. The monoisotopic (exact) mass is 371 g/mol. The number of amides is 1. The number of ether oxygens (including phenoxy) is 1. The van der Waals surface area contributed by atoms with Gasteiger partial charge in [-0.1, -0.05) is 6.07 Å². The van der Waals surface area contributed by atoms with Gasteiger partial charge in [-0.15, -0.1) is 11.3 Å². The Morgan fingerprint density at radius 3 is 3.15 bits per heavy atom. The first kappa shape index (κ1) is 16.8. The Bertz CT molecular complexity index is 892. The Balaban J connectivity index is 1.55. The van der Waals surface area contributed by atoms with Gasteiger partial charge in [-0.3, -0.25) is 4.57 Å². The Hall–Kier alpha value is -2.61. The van der Waals surface area contributed by atoms with E-state index in [1.165, 1.54) is 4.88 Å². The van der Waals surface area contributed by atoms with Gasteiger partial charge < -0.3 is 15.0 Å². The smallest absolute Gasteiger partial charge is 0.409 e. The molecule has 136 valence electrons. The molecule has 4 heterocycles. The van der Waals surface area contributed by atoms with Crippen molar-refractivity contribution in [2.75, 3.05) is 25.0 Å². The number of nitrogens with one attached hydrogen (secondary N) is 1. The predicted molar refractivity (Wildman–Crippen MR) is 102 cm³/mol.